The van der Waals surface area contributed by atoms with Crippen molar-refractivity contribution < 1.29 is 28.5 Å². The molecule has 0 spiro atoms. The van der Waals surface area contributed by atoms with Gasteiger partial charge in [0.15, 0.2) is 0 Å². The van der Waals surface area contributed by atoms with Gasteiger partial charge in [0, 0.05) is 0 Å². The van der Waals surface area contributed by atoms with Gasteiger partial charge in [-0.05, 0) is 72.8 Å². The Hall–Kier alpha value is -4.32. The third kappa shape index (κ3) is 6.34. The van der Waals surface area contributed by atoms with Crippen molar-refractivity contribution in [3.05, 3.63) is 109 Å². The Morgan fingerprint density at radius 2 is 0.875 bits per heavy atom. The number of rotatable bonds is 10. The zero-order valence-electron chi connectivity index (χ0n) is 17.4. The van der Waals surface area contributed by atoms with Crippen LogP contribution in [0, 0.1) is 0 Å². The molecule has 0 unspecified atom stereocenters. The van der Waals surface area contributed by atoms with Gasteiger partial charge in [-0.2, -0.15) is 0 Å². The molecule has 0 heterocycles. The highest BCUT2D eigenvalue weighted by Crippen LogP contribution is 2.20. The van der Waals surface area contributed by atoms with Crippen LogP contribution in [0.2, 0.25) is 0 Å². The van der Waals surface area contributed by atoms with Gasteiger partial charge in [-0.3, -0.25) is 0 Å². The number of benzene rings is 3. The van der Waals surface area contributed by atoms with Crippen LogP contribution in [0.15, 0.2) is 98.1 Å². The molecule has 0 saturated heterocycles. The Kier molecular flexibility index (Phi) is 7.81. The lowest BCUT2D eigenvalue weighted by Crippen LogP contribution is -2.11. The minimum Gasteiger partial charge on any atom is -0.490 e. The minimum atomic E-state index is -0.542. The average Bonchev–Trinajstić information content (AvgIpc) is 2.83. The molecule has 0 aliphatic rings. The van der Waals surface area contributed by atoms with Crippen LogP contribution in [0.3, 0.4) is 0 Å². The van der Waals surface area contributed by atoms with Crippen LogP contribution in [0.25, 0.3) is 0 Å². The number of hydrogen-bond donors (Lipinski definition) is 0. The maximum Gasteiger partial charge on any atom is 0.343 e. The predicted molar refractivity (Wildman–Crippen MR) is 121 cm³/mol. The molecule has 0 bridgehead atoms. The van der Waals surface area contributed by atoms with Crippen LogP contribution >= 0.6 is 0 Å². The molecule has 0 aliphatic heterocycles. The van der Waals surface area contributed by atoms with Gasteiger partial charge in [0.2, 0.25) is 0 Å². The van der Waals surface area contributed by atoms with Gasteiger partial charge in [-0.1, -0.05) is 25.3 Å². The summed E-state index contributed by atoms with van der Waals surface area (Å²) in [5.41, 5.74) is 0.606. The van der Waals surface area contributed by atoms with Crippen molar-refractivity contribution in [1.82, 2.24) is 0 Å². The number of esters is 2. The summed E-state index contributed by atoms with van der Waals surface area (Å²) >= 11 is 0. The van der Waals surface area contributed by atoms with Crippen LogP contribution in [0.1, 0.15) is 20.7 Å². The van der Waals surface area contributed by atoms with Gasteiger partial charge in [-0.25, -0.2) is 9.59 Å². The Labute approximate surface area is 186 Å². The van der Waals surface area contributed by atoms with Crippen LogP contribution in [0.5, 0.6) is 23.0 Å². The molecule has 0 N–H and O–H groups in total. The molecule has 3 aromatic rings. The van der Waals surface area contributed by atoms with Crippen LogP contribution in [-0.4, -0.2) is 25.2 Å². The highest BCUT2D eigenvalue weighted by molar-refractivity contribution is 5.94. The first-order valence-corrected chi connectivity index (χ1v) is 9.81. The molecule has 6 heteroatoms. The standard InChI is InChI=1S/C26H22O6/c1-3-17-29-21-9-13-23(14-10-21)31-25(27)19-5-7-20(8-6-19)26(28)32-24-15-11-22(12-16-24)30-18-4-2/h3-16H,1-2,17-18H2. The van der Waals surface area contributed by atoms with E-state index in [4.69, 9.17) is 18.9 Å². The fraction of sp³-hybridized carbons (Fsp3) is 0.0769. The summed E-state index contributed by atoms with van der Waals surface area (Å²) in [5.74, 6) is 0.965. The number of carbonyl (C=O) groups is 2. The molecule has 3 rings (SSSR count). The Morgan fingerprint density at radius 1 is 0.562 bits per heavy atom. The second kappa shape index (κ2) is 11.2. The lowest BCUT2D eigenvalue weighted by atomic mass is 10.1. The van der Waals surface area contributed by atoms with Gasteiger partial charge in [0.1, 0.15) is 36.2 Å². The first kappa shape index (κ1) is 22.4. The molecule has 0 radical (unpaired) electrons. The summed E-state index contributed by atoms with van der Waals surface area (Å²) in [4.78, 5) is 24.7. The molecular weight excluding hydrogens is 408 g/mol. The SMILES string of the molecule is C=CCOc1ccc(OC(=O)c2ccc(C(=O)Oc3ccc(OCC=C)cc3)cc2)cc1. The first-order valence-electron chi connectivity index (χ1n) is 9.81. The summed E-state index contributed by atoms with van der Waals surface area (Å²) in [6.07, 6.45) is 3.28. The van der Waals surface area contributed by atoms with E-state index in [1.54, 1.807) is 60.7 Å². The van der Waals surface area contributed by atoms with Gasteiger partial charge in [-0.15, -0.1) is 0 Å². The zero-order valence-corrected chi connectivity index (χ0v) is 17.4. The lowest BCUT2D eigenvalue weighted by molar-refractivity contribution is 0.0720. The number of carbonyl (C=O) groups excluding carboxylic acids is 2. The number of ether oxygens (including phenoxy) is 4. The maximum absolute atomic E-state index is 12.3. The number of hydrogen-bond acceptors (Lipinski definition) is 6. The monoisotopic (exact) mass is 430 g/mol. The van der Waals surface area contributed by atoms with E-state index < -0.39 is 11.9 Å². The fourth-order valence-corrected chi connectivity index (χ4v) is 2.59. The summed E-state index contributed by atoms with van der Waals surface area (Å²) in [7, 11) is 0. The molecule has 0 aromatic heterocycles. The molecule has 162 valence electrons. The Bertz CT molecular complexity index is 978. The van der Waals surface area contributed by atoms with Crippen LogP contribution < -0.4 is 18.9 Å². The minimum absolute atomic E-state index is 0.303. The van der Waals surface area contributed by atoms with Gasteiger partial charge < -0.3 is 18.9 Å². The zero-order chi connectivity index (χ0) is 22.8. The van der Waals surface area contributed by atoms with Crippen LogP contribution in [-0.2, 0) is 0 Å². The van der Waals surface area contributed by atoms with Crippen LogP contribution in [0.4, 0.5) is 0 Å². The fourth-order valence-electron chi connectivity index (χ4n) is 2.59. The summed E-state index contributed by atoms with van der Waals surface area (Å²) in [6.45, 7) is 7.96. The predicted octanol–water partition coefficient (Wildman–Crippen LogP) is 5.25. The van der Waals surface area contributed by atoms with E-state index in [1.165, 1.54) is 24.3 Å². The normalized spacial score (nSPS) is 10.0. The van der Waals surface area contributed by atoms with Crippen molar-refractivity contribution in [1.29, 1.82) is 0 Å². The van der Waals surface area contributed by atoms with E-state index in [9.17, 15) is 9.59 Å². The van der Waals surface area contributed by atoms with Crippen molar-refractivity contribution in [3.63, 3.8) is 0 Å². The average molecular weight is 430 g/mol. The molecule has 32 heavy (non-hydrogen) atoms. The third-order valence-corrected chi connectivity index (χ3v) is 4.16. The van der Waals surface area contributed by atoms with Gasteiger partial charge in [0.25, 0.3) is 0 Å². The highest BCUT2D eigenvalue weighted by atomic mass is 16.5. The lowest BCUT2D eigenvalue weighted by Gasteiger charge is -2.08. The molecule has 0 aliphatic carbocycles. The third-order valence-electron chi connectivity index (χ3n) is 4.16. The Balaban J connectivity index is 1.56. The summed E-state index contributed by atoms with van der Waals surface area (Å²) in [6, 6.07) is 19.4. The molecule has 6 nitrogen and oxygen atoms in total. The first-order chi connectivity index (χ1) is 15.6. The van der Waals surface area contributed by atoms with E-state index in [1.807, 2.05) is 0 Å². The maximum atomic E-state index is 12.3. The molecule has 0 amide bonds. The quantitative estimate of drug-likeness (QED) is 0.248. The van der Waals surface area contributed by atoms with E-state index in [2.05, 4.69) is 13.2 Å². The molecule has 0 saturated carbocycles. The van der Waals surface area contributed by atoms with Crippen molar-refractivity contribution in [2.75, 3.05) is 13.2 Å². The molecule has 0 fully saturated rings. The summed E-state index contributed by atoms with van der Waals surface area (Å²) in [5, 5.41) is 0. The van der Waals surface area contributed by atoms with Crippen molar-refractivity contribution in [2.24, 2.45) is 0 Å². The molecule has 0 atom stereocenters. The van der Waals surface area contributed by atoms with Gasteiger partial charge in [0.05, 0.1) is 11.1 Å². The highest BCUT2D eigenvalue weighted by Gasteiger charge is 2.13. The molecule has 3 aromatic carbocycles. The smallest absolute Gasteiger partial charge is 0.343 e. The van der Waals surface area contributed by atoms with E-state index >= 15 is 0 Å². The van der Waals surface area contributed by atoms with Gasteiger partial charge >= 0.3 is 11.9 Å². The second-order valence-corrected chi connectivity index (χ2v) is 6.50. The largest absolute Gasteiger partial charge is 0.490 e. The van der Waals surface area contributed by atoms with Crippen molar-refractivity contribution >= 4 is 11.9 Å². The summed E-state index contributed by atoms with van der Waals surface area (Å²) < 4.78 is 21.5. The second-order valence-electron chi connectivity index (χ2n) is 6.50. The van der Waals surface area contributed by atoms with E-state index in [0.29, 0.717) is 47.3 Å². The topological polar surface area (TPSA) is 71.1 Å². The van der Waals surface area contributed by atoms with Crippen molar-refractivity contribution in [3.8, 4) is 23.0 Å². The van der Waals surface area contributed by atoms with Crippen molar-refractivity contribution in [2.45, 2.75) is 0 Å². The Morgan fingerprint density at radius 3 is 1.19 bits per heavy atom. The molecular formula is C26H22O6. The van der Waals surface area contributed by atoms with E-state index in [0.717, 1.165) is 0 Å². The van der Waals surface area contributed by atoms with E-state index in [-0.39, 0.29) is 0 Å².